The van der Waals surface area contributed by atoms with Crippen molar-refractivity contribution in [3.05, 3.63) is 28.8 Å². The fourth-order valence-electron chi connectivity index (χ4n) is 2.13. The summed E-state index contributed by atoms with van der Waals surface area (Å²) in [5.41, 5.74) is 1.13. The van der Waals surface area contributed by atoms with Crippen molar-refractivity contribution in [3.8, 4) is 5.75 Å². The molecule has 0 bridgehead atoms. The van der Waals surface area contributed by atoms with Crippen molar-refractivity contribution in [1.82, 2.24) is 4.90 Å². The van der Waals surface area contributed by atoms with Gasteiger partial charge < -0.3 is 9.84 Å². The Morgan fingerprint density at radius 1 is 1.50 bits per heavy atom. The second-order valence-electron chi connectivity index (χ2n) is 5.07. The van der Waals surface area contributed by atoms with E-state index in [-0.39, 0.29) is 6.10 Å². The lowest BCUT2D eigenvalue weighted by molar-refractivity contribution is 0.104. The van der Waals surface area contributed by atoms with Crippen LogP contribution in [0.25, 0.3) is 0 Å². The van der Waals surface area contributed by atoms with Crippen molar-refractivity contribution in [2.45, 2.75) is 25.5 Å². The van der Waals surface area contributed by atoms with E-state index in [1.54, 1.807) is 7.11 Å². The molecule has 4 heteroatoms. The van der Waals surface area contributed by atoms with Crippen molar-refractivity contribution >= 4 is 11.6 Å². The zero-order valence-corrected chi connectivity index (χ0v) is 11.7. The summed E-state index contributed by atoms with van der Waals surface area (Å²) in [4.78, 5) is 2.13. The van der Waals surface area contributed by atoms with Crippen molar-refractivity contribution in [2.24, 2.45) is 5.92 Å². The van der Waals surface area contributed by atoms with Crippen LogP contribution in [0.3, 0.4) is 0 Å². The first-order valence-electron chi connectivity index (χ1n) is 6.29. The van der Waals surface area contributed by atoms with E-state index in [0.29, 0.717) is 23.2 Å². The van der Waals surface area contributed by atoms with Gasteiger partial charge in [0.25, 0.3) is 0 Å². The first-order chi connectivity index (χ1) is 8.60. The lowest BCUT2D eigenvalue weighted by Crippen LogP contribution is -2.30. The monoisotopic (exact) mass is 269 g/mol. The van der Waals surface area contributed by atoms with Gasteiger partial charge in [0.15, 0.2) is 0 Å². The normalized spacial score (nSPS) is 16.9. The second kappa shape index (κ2) is 5.91. The Hall–Kier alpha value is -0.770. The zero-order valence-electron chi connectivity index (χ0n) is 10.9. The molecule has 1 saturated carbocycles. The van der Waals surface area contributed by atoms with Gasteiger partial charge in [0.05, 0.1) is 18.2 Å². The highest BCUT2D eigenvalue weighted by Crippen LogP contribution is 2.33. The maximum absolute atomic E-state index is 9.89. The van der Waals surface area contributed by atoms with E-state index >= 15 is 0 Å². The first kappa shape index (κ1) is 13.7. The van der Waals surface area contributed by atoms with Crippen molar-refractivity contribution < 1.29 is 9.84 Å². The van der Waals surface area contributed by atoms with E-state index in [4.69, 9.17) is 16.3 Å². The standard InChI is InChI=1S/C14H20ClNO2/c1-16(9-13(17)11-4-5-11)8-10-3-6-14(18-2)12(15)7-10/h3,6-7,11,13,17H,4-5,8-9H2,1-2H3. The molecular formula is C14H20ClNO2. The minimum Gasteiger partial charge on any atom is -0.495 e. The molecule has 0 radical (unpaired) electrons. The minimum absolute atomic E-state index is 0.191. The fourth-order valence-corrected chi connectivity index (χ4v) is 2.41. The molecule has 18 heavy (non-hydrogen) atoms. The molecule has 0 aromatic heterocycles. The molecule has 0 saturated heterocycles. The van der Waals surface area contributed by atoms with Crippen LogP contribution in [0.2, 0.25) is 5.02 Å². The largest absolute Gasteiger partial charge is 0.495 e. The van der Waals surface area contributed by atoms with E-state index in [0.717, 1.165) is 12.1 Å². The number of hydrogen-bond acceptors (Lipinski definition) is 3. The summed E-state index contributed by atoms with van der Waals surface area (Å²) in [7, 11) is 3.63. The highest BCUT2D eigenvalue weighted by molar-refractivity contribution is 6.32. The molecule has 1 fully saturated rings. The number of likely N-dealkylation sites (N-methyl/N-ethyl adjacent to an activating group) is 1. The van der Waals surface area contributed by atoms with Crippen LogP contribution >= 0.6 is 11.6 Å². The van der Waals surface area contributed by atoms with Crippen LogP contribution in [0.15, 0.2) is 18.2 Å². The van der Waals surface area contributed by atoms with Gasteiger partial charge in [-0.3, -0.25) is 4.90 Å². The Balaban J connectivity index is 1.89. The molecule has 1 unspecified atom stereocenters. The van der Waals surface area contributed by atoms with Crippen LogP contribution in [0, 0.1) is 5.92 Å². The molecule has 1 aromatic rings. The van der Waals surface area contributed by atoms with Gasteiger partial charge in [-0.15, -0.1) is 0 Å². The highest BCUT2D eigenvalue weighted by atomic mass is 35.5. The van der Waals surface area contributed by atoms with Gasteiger partial charge in [-0.2, -0.15) is 0 Å². The molecule has 1 N–H and O–H groups in total. The summed E-state index contributed by atoms with van der Waals surface area (Å²) in [5.74, 6) is 1.22. The van der Waals surface area contributed by atoms with Gasteiger partial charge in [0.1, 0.15) is 5.75 Å². The summed E-state index contributed by atoms with van der Waals surface area (Å²) < 4.78 is 5.12. The highest BCUT2D eigenvalue weighted by Gasteiger charge is 2.30. The summed E-state index contributed by atoms with van der Waals surface area (Å²) >= 11 is 6.09. The van der Waals surface area contributed by atoms with Gasteiger partial charge in [-0.25, -0.2) is 0 Å². The summed E-state index contributed by atoms with van der Waals surface area (Å²) in [6.45, 7) is 1.50. The predicted molar refractivity (Wildman–Crippen MR) is 73.1 cm³/mol. The quantitative estimate of drug-likeness (QED) is 0.862. The van der Waals surface area contributed by atoms with E-state index in [2.05, 4.69) is 4.90 Å². The Kier molecular flexibility index (Phi) is 4.49. The van der Waals surface area contributed by atoms with E-state index in [1.165, 1.54) is 12.8 Å². The van der Waals surface area contributed by atoms with Gasteiger partial charge in [-0.1, -0.05) is 17.7 Å². The molecule has 3 nitrogen and oxygen atoms in total. The van der Waals surface area contributed by atoms with Crippen molar-refractivity contribution in [3.63, 3.8) is 0 Å². The number of nitrogens with zero attached hydrogens (tertiary/aromatic N) is 1. The van der Waals surface area contributed by atoms with Crippen LogP contribution in [0.1, 0.15) is 18.4 Å². The minimum atomic E-state index is -0.191. The van der Waals surface area contributed by atoms with E-state index in [9.17, 15) is 5.11 Å². The third-order valence-corrected chi connectivity index (χ3v) is 3.63. The molecule has 1 aliphatic rings. The molecule has 1 aliphatic carbocycles. The number of methoxy groups -OCH3 is 1. The topological polar surface area (TPSA) is 32.7 Å². The lowest BCUT2D eigenvalue weighted by Gasteiger charge is -2.20. The SMILES string of the molecule is COc1ccc(CN(C)CC(O)C2CC2)cc1Cl. The third-order valence-electron chi connectivity index (χ3n) is 3.33. The van der Waals surface area contributed by atoms with Crippen LogP contribution in [-0.4, -0.2) is 36.8 Å². The average Bonchev–Trinajstić information content (AvgIpc) is 3.12. The Bertz CT molecular complexity index is 407. The van der Waals surface area contributed by atoms with Crippen molar-refractivity contribution in [1.29, 1.82) is 0 Å². The number of ether oxygens (including phenoxy) is 1. The summed E-state index contributed by atoms with van der Waals surface area (Å²) in [5, 5.41) is 10.5. The molecule has 0 amide bonds. The number of rotatable bonds is 6. The predicted octanol–water partition coefficient (Wildman–Crippen LogP) is 2.55. The van der Waals surface area contributed by atoms with Gasteiger partial charge in [0.2, 0.25) is 0 Å². The second-order valence-corrected chi connectivity index (χ2v) is 5.48. The lowest BCUT2D eigenvalue weighted by atomic mass is 10.2. The smallest absolute Gasteiger partial charge is 0.137 e. The molecule has 1 atom stereocenters. The van der Waals surface area contributed by atoms with Crippen molar-refractivity contribution in [2.75, 3.05) is 20.7 Å². The maximum Gasteiger partial charge on any atom is 0.137 e. The van der Waals surface area contributed by atoms with E-state index in [1.807, 2.05) is 25.2 Å². The number of hydrogen-bond donors (Lipinski definition) is 1. The van der Waals surface area contributed by atoms with Crippen LogP contribution < -0.4 is 4.74 Å². The molecule has 0 spiro atoms. The zero-order chi connectivity index (χ0) is 13.1. The molecule has 100 valence electrons. The van der Waals surface area contributed by atoms with Gasteiger partial charge in [0, 0.05) is 13.1 Å². The Morgan fingerprint density at radius 3 is 2.78 bits per heavy atom. The summed E-state index contributed by atoms with van der Waals surface area (Å²) in [6.07, 6.45) is 2.15. The summed E-state index contributed by atoms with van der Waals surface area (Å²) in [6, 6.07) is 5.80. The Labute approximate surface area is 113 Å². The average molecular weight is 270 g/mol. The molecule has 0 heterocycles. The molecule has 2 rings (SSSR count). The molecule has 0 aliphatic heterocycles. The number of halogens is 1. The van der Waals surface area contributed by atoms with Crippen LogP contribution in [0.5, 0.6) is 5.75 Å². The number of benzene rings is 1. The molecule has 1 aromatic carbocycles. The van der Waals surface area contributed by atoms with Crippen LogP contribution in [0.4, 0.5) is 0 Å². The van der Waals surface area contributed by atoms with Gasteiger partial charge in [-0.05, 0) is 43.5 Å². The van der Waals surface area contributed by atoms with E-state index < -0.39 is 0 Å². The number of aliphatic hydroxyl groups is 1. The third kappa shape index (κ3) is 3.61. The maximum atomic E-state index is 9.89. The van der Waals surface area contributed by atoms with Crippen LogP contribution in [-0.2, 0) is 6.54 Å². The molecular weight excluding hydrogens is 250 g/mol. The first-order valence-corrected chi connectivity index (χ1v) is 6.67. The fraction of sp³-hybridized carbons (Fsp3) is 0.571. The number of aliphatic hydroxyl groups excluding tert-OH is 1. The Morgan fingerprint density at radius 2 is 2.22 bits per heavy atom. The van der Waals surface area contributed by atoms with Gasteiger partial charge >= 0.3 is 0 Å².